The maximum absolute atomic E-state index is 6.09. The fourth-order valence-corrected chi connectivity index (χ4v) is 2.22. The highest BCUT2D eigenvalue weighted by Crippen LogP contribution is 2.32. The van der Waals surface area contributed by atoms with Gasteiger partial charge < -0.3 is 10.1 Å². The van der Waals surface area contributed by atoms with Crippen LogP contribution in [0.4, 0.5) is 0 Å². The Labute approximate surface area is 108 Å². The highest BCUT2D eigenvalue weighted by atomic mass is 35.5. The van der Waals surface area contributed by atoms with E-state index in [9.17, 15) is 0 Å². The van der Waals surface area contributed by atoms with Crippen LogP contribution in [0.25, 0.3) is 0 Å². The van der Waals surface area contributed by atoms with Gasteiger partial charge in [0.15, 0.2) is 0 Å². The van der Waals surface area contributed by atoms with Gasteiger partial charge in [0, 0.05) is 12.6 Å². The minimum absolute atomic E-state index is 0.618. The van der Waals surface area contributed by atoms with Crippen molar-refractivity contribution >= 4 is 11.6 Å². The molecule has 1 atom stereocenters. The molecule has 0 aliphatic heterocycles. The molecule has 0 spiro atoms. The average Bonchev–Trinajstić information content (AvgIpc) is 3.10. The number of hydrogen-bond donors (Lipinski definition) is 1. The molecule has 0 heterocycles. The first kappa shape index (κ1) is 12.7. The fourth-order valence-electron chi connectivity index (χ4n) is 1.93. The summed E-state index contributed by atoms with van der Waals surface area (Å²) in [6, 6.07) is 6.49. The van der Waals surface area contributed by atoms with Crippen molar-refractivity contribution in [1.29, 1.82) is 0 Å². The molecule has 0 radical (unpaired) electrons. The SMILES string of the molecule is Cc1ccc(OCCNC(C)C2CC2)c(Cl)c1. The molecule has 2 nitrogen and oxygen atoms in total. The third-order valence-corrected chi connectivity index (χ3v) is 3.54. The number of aryl methyl sites for hydroxylation is 1. The molecule has 17 heavy (non-hydrogen) atoms. The van der Waals surface area contributed by atoms with Crippen LogP contribution in [-0.4, -0.2) is 19.2 Å². The Bertz CT molecular complexity index is 376. The summed E-state index contributed by atoms with van der Waals surface area (Å²) in [5.41, 5.74) is 1.16. The maximum atomic E-state index is 6.09. The molecule has 0 aromatic heterocycles. The first-order chi connectivity index (χ1) is 8.16. The van der Waals surface area contributed by atoms with Gasteiger partial charge in [0.05, 0.1) is 5.02 Å². The van der Waals surface area contributed by atoms with Crippen molar-refractivity contribution in [3.63, 3.8) is 0 Å². The average molecular weight is 254 g/mol. The van der Waals surface area contributed by atoms with E-state index in [1.165, 1.54) is 12.8 Å². The molecule has 1 aromatic carbocycles. The van der Waals surface area contributed by atoms with E-state index in [1.54, 1.807) is 0 Å². The maximum Gasteiger partial charge on any atom is 0.137 e. The van der Waals surface area contributed by atoms with Gasteiger partial charge in [-0.15, -0.1) is 0 Å². The summed E-state index contributed by atoms with van der Waals surface area (Å²) in [7, 11) is 0. The largest absolute Gasteiger partial charge is 0.491 e. The Morgan fingerprint density at radius 3 is 2.88 bits per heavy atom. The van der Waals surface area contributed by atoms with E-state index in [2.05, 4.69) is 12.2 Å². The van der Waals surface area contributed by atoms with Crippen LogP contribution < -0.4 is 10.1 Å². The minimum Gasteiger partial charge on any atom is -0.491 e. The lowest BCUT2D eigenvalue weighted by Crippen LogP contribution is -2.31. The van der Waals surface area contributed by atoms with Crippen molar-refractivity contribution in [3.05, 3.63) is 28.8 Å². The molecule has 1 saturated carbocycles. The zero-order valence-corrected chi connectivity index (χ0v) is 11.3. The van der Waals surface area contributed by atoms with Gasteiger partial charge in [-0.1, -0.05) is 17.7 Å². The van der Waals surface area contributed by atoms with E-state index in [1.807, 2.05) is 25.1 Å². The predicted molar refractivity (Wildman–Crippen MR) is 71.9 cm³/mol. The number of benzene rings is 1. The Morgan fingerprint density at radius 1 is 1.47 bits per heavy atom. The molecule has 1 aliphatic rings. The van der Waals surface area contributed by atoms with Gasteiger partial charge in [-0.2, -0.15) is 0 Å². The van der Waals surface area contributed by atoms with Crippen molar-refractivity contribution in [2.24, 2.45) is 5.92 Å². The molecule has 0 amide bonds. The normalized spacial score (nSPS) is 16.9. The van der Waals surface area contributed by atoms with Crippen LogP contribution in [0, 0.1) is 12.8 Å². The van der Waals surface area contributed by atoms with Gasteiger partial charge in [-0.25, -0.2) is 0 Å². The van der Waals surface area contributed by atoms with Gasteiger partial charge >= 0.3 is 0 Å². The van der Waals surface area contributed by atoms with Crippen LogP contribution in [0.2, 0.25) is 5.02 Å². The first-order valence-electron chi connectivity index (χ1n) is 6.29. The van der Waals surface area contributed by atoms with Crippen LogP contribution in [0.15, 0.2) is 18.2 Å². The van der Waals surface area contributed by atoms with E-state index in [0.29, 0.717) is 17.7 Å². The number of nitrogens with one attached hydrogen (secondary N) is 1. The van der Waals surface area contributed by atoms with Crippen molar-refractivity contribution < 1.29 is 4.74 Å². The summed E-state index contributed by atoms with van der Waals surface area (Å²) >= 11 is 6.09. The number of ether oxygens (including phenoxy) is 1. The molecule has 1 N–H and O–H groups in total. The van der Waals surface area contributed by atoms with Crippen molar-refractivity contribution in [2.75, 3.05) is 13.2 Å². The summed E-state index contributed by atoms with van der Waals surface area (Å²) in [6.45, 7) is 5.81. The molecule has 0 bridgehead atoms. The van der Waals surface area contributed by atoms with E-state index >= 15 is 0 Å². The van der Waals surface area contributed by atoms with Gasteiger partial charge in [-0.05, 0) is 50.3 Å². The van der Waals surface area contributed by atoms with E-state index in [0.717, 1.165) is 23.8 Å². The van der Waals surface area contributed by atoms with E-state index in [4.69, 9.17) is 16.3 Å². The molecule has 1 fully saturated rings. The fraction of sp³-hybridized carbons (Fsp3) is 0.571. The predicted octanol–water partition coefficient (Wildman–Crippen LogP) is 3.42. The van der Waals surface area contributed by atoms with Crippen LogP contribution in [0.3, 0.4) is 0 Å². The molecule has 0 saturated heterocycles. The zero-order valence-electron chi connectivity index (χ0n) is 10.5. The Kier molecular flexibility index (Phi) is 4.30. The summed E-state index contributed by atoms with van der Waals surface area (Å²) in [4.78, 5) is 0. The highest BCUT2D eigenvalue weighted by molar-refractivity contribution is 6.32. The summed E-state index contributed by atoms with van der Waals surface area (Å²) in [6.07, 6.45) is 2.75. The van der Waals surface area contributed by atoms with Crippen molar-refractivity contribution in [3.8, 4) is 5.75 Å². The lowest BCUT2D eigenvalue weighted by Gasteiger charge is -2.13. The van der Waals surface area contributed by atoms with Gasteiger partial charge in [-0.3, -0.25) is 0 Å². The molecule has 1 aromatic rings. The molecule has 2 rings (SSSR count). The topological polar surface area (TPSA) is 21.3 Å². The standard InChI is InChI=1S/C14H20ClNO/c1-10-3-6-14(13(15)9-10)17-8-7-16-11(2)12-4-5-12/h3,6,9,11-12,16H,4-5,7-8H2,1-2H3. The van der Waals surface area contributed by atoms with Gasteiger partial charge in [0.2, 0.25) is 0 Å². The first-order valence-corrected chi connectivity index (χ1v) is 6.67. The van der Waals surface area contributed by atoms with E-state index in [-0.39, 0.29) is 0 Å². The monoisotopic (exact) mass is 253 g/mol. The summed E-state index contributed by atoms with van der Waals surface area (Å²) < 4.78 is 5.65. The van der Waals surface area contributed by atoms with Gasteiger partial charge in [0.1, 0.15) is 12.4 Å². The lowest BCUT2D eigenvalue weighted by molar-refractivity contribution is 0.303. The lowest BCUT2D eigenvalue weighted by atomic mass is 10.2. The summed E-state index contributed by atoms with van der Waals surface area (Å²) in [5.74, 6) is 1.66. The third kappa shape index (κ3) is 3.90. The van der Waals surface area contributed by atoms with Crippen LogP contribution in [0.5, 0.6) is 5.75 Å². The van der Waals surface area contributed by atoms with Crippen molar-refractivity contribution in [2.45, 2.75) is 32.7 Å². The Hall–Kier alpha value is -0.730. The number of halogens is 1. The van der Waals surface area contributed by atoms with Gasteiger partial charge in [0.25, 0.3) is 0 Å². The van der Waals surface area contributed by atoms with Crippen LogP contribution in [0.1, 0.15) is 25.3 Å². The second-order valence-corrected chi connectivity index (χ2v) is 5.27. The highest BCUT2D eigenvalue weighted by Gasteiger charge is 2.27. The molecular formula is C14H20ClNO. The number of hydrogen-bond acceptors (Lipinski definition) is 2. The second kappa shape index (κ2) is 5.74. The molecule has 94 valence electrons. The number of rotatable bonds is 6. The zero-order chi connectivity index (χ0) is 12.3. The second-order valence-electron chi connectivity index (χ2n) is 4.86. The third-order valence-electron chi connectivity index (χ3n) is 3.24. The smallest absolute Gasteiger partial charge is 0.137 e. The minimum atomic E-state index is 0.618. The van der Waals surface area contributed by atoms with Crippen molar-refractivity contribution in [1.82, 2.24) is 5.32 Å². The molecular weight excluding hydrogens is 234 g/mol. The molecule has 3 heteroatoms. The Balaban J connectivity index is 1.70. The quantitative estimate of drug-likeness (QED) is 0.785. The van der Waals surface area contributed by atoms with E-state index < -0.39 is 0 Å². The molecule has 1 aliphatic carbocycles. The molecule has 1 unspecified atom stereocenters. The Morgan fingerprint density at radius 2 is 2.24 bits per heavy atom. The summed E-state index contributed by atoms with van der Waals surface area (Å²) in [5, 5.41) is 4.17. The van der Waals surface area contributed by atoms with Crippen LogP contribution in [-0.2, 0) is 0 Å². The van der Waals surface area contributed by atoms with Crippen LogP contribution >= 0.6 is 11.6 Å².